The van der Waals surface area contributed by atoms with Crippen LogP contribution in [0.25, 0.3) is 0 Å². The first-order chi connectivity index (χ1) is 7.90. The van der Waals surface area contributed by atoms with Gasteiger partial charge in [0.2, 0.25) is 0 Å². The maximum Gasteiger partial charge on any atom is 0.340 e. The summed E-state index contributed by atoms with van der Waals surface area (Å²) in [6, 6.07) is 5.34. The molecular weight excluding hydrogens is 223 g/mol. The predicted octanol–water partition coefficient (Wildman–Crippen LogP) is 2.94. The maximum atomic E-state index is 12.8. The molecule has 4 heteroatoms. The zero-order chi connectivity index (χ0) is 13.1. The number of halogens is 1. The average molecular weight is 240 g/mol. The molecule has 0 aliphatic carbocycles. The van der Waals surface area contributed by atoms with Gasteiger partial charge in [0.05, 0.1) is 6.10 Å². The molecular formula is C13H17FO3. The van der Waals surface area contributed by atoms with Gasteiger partial charge in [-0.15, -0.1) is 0 Å². The Morgan fingerprint density at radius 3 is 2.41 bits per heavy atom. The molecule has 0 heterocycles. The van der Waals surface area contributed by atoms with Crippen LogP contribution in [0.5, 0.6) is 0 Å². The van der Waals surface area contributed by atoms with Gasteiger partial charge in [-0.3, -0.25) is 0 Å². The van der Waals surface area contributed by atoms with Crippen LogP contribution in [0.2, 0.25) is 0 Å². The maximum absolute atomic E-state index is 12.8. The smallest absolute Gasteiger partial charge is 0.340 e. The molecule has 0 aliphatic rings. The van der Waals surface area contributed by atoms with Gasteiger partial charge in [0.1, 0.15) is 5.82 Å². The lowest BCUT2D eigenvalue weighted by Crippen LogP contribution is -2.38. The Hall–Kier alpha value is -1.42. The van der Waals surface area contributed by atoms with Crippen molar-refractivity contribution in [2.45, 2.75) is 38.9 Å². The lowest BCUT2D eigenvalue weighted by atomic mass is 9.95. The van der Waals surface area contributed by atoms with Gasteiger partial charge in [-0.25, -0.2) is 9.18 Å². The highest BCUT2D eigenvalue weighted by Crippen LogP contribution is 2.28. The molecule has 1 rings (SSSR count). The van der Waals surface area contributed by atoms with E-state index in [9.17, 15) is 14.3 Å². The minimum atomic E-state index is -1.44. The van der Waals surface area contributed by atoms with E-state index in [2.05, 4.69) is 0 Å². The third-order valence-corrected chi connectivity index (χ3v) is 2.81. The highest BCUT2D eigenvalue weighted by Gasteiger charge is 2.37. The lowest BCUT2D eigenvalue weighted by Gasteiger charge is -2.29. The third-order valence-electron chi connectivity index (χ3n) is 2.81. The van der Waals surface area contributed by atoms with Crippen LogP contribution in [0.1, 0.15) is 32.8 Å². The van der Waals surface area contributed by atoms with Crippen LogP contribution >= 0.6 is 0 Å². The molecule has 0 aliphatic heterocycles. The summed E-state index contributed by atoms with van der Waals surface area (Å²) in [5, 5.41) is 9.28. The predicted molar refractivity (Wildman–Crippen MR) is 62.2 cm³/mol. The van der Waals surface area contributed by atoms with E-state index >= 15 is 0 Å². The molecule has 0 spiro atoms. The highest BCUT2D eigenvalue weighted by atomic mass is 19.1. The van der Waals surface area contributed by atoms with Gasteiger partial charge in [0.15, 0.2) is 5.60 Å². The molecule has 0 radical (unpaired) electrons. The van der Waals surface area contributed by atoms with Crippen molar-refractivity contribution in [1.82, 2.24) is 0 Å². The first-order valence-corrected chi connectivity index (χ1v) is 5.57. The Balaban J connectivity index is 3.07. The van der Waals surface area contributed by atoms with Crippen LogP contribution in [-0.2, 0) is 15.1 Å². The first-order valence-electron chi connectivity index (χ1n) is 5.57. The summed E-state index contributed by atoms with van der Waals surface area (Å²) in [6.45, 7) is 5.21. The standard InChI is InChI=1S/C13H17FO3/c1-4-9(2)17-13(3,12(15)16)10-5-7-11(14)8-6-10/h5-9H,4H2,1-3H3,(H,15,16). The largest absolute Gasteiger partial charge is 0.479 e. The van der Waals surface area contributed by atoms with E-state index in [1.54, 1.807) is 0 Å². The van der Waals surface area contributed by atoms with Crippen LogP contribution < -0.4 is 0 Å². The van der Waals surface area contributed by atoms with Crippen LogP contribution in [0, 0.1) is 5.82 Å². The number of benzene rings is 1. The fourth-order valence-corrected chi connectivity index (χ4v) is 1.50. The third kappa shape index (κ3) is 3.03. The second-order valence-corrected chi connectivity index (χ2v) is 4.18. The quantitative estimate of drug-likeness (QED) is 0.860. The van der Waals surface area contributed by atoms with E-state index in [0.717, 1.165) is 0 Å². The monoisotopic (exact) mass is 240 g/mol. The number of ether oxygens (including phenoxy) is 1. The van der Waals surface area contributed by atoms with Gasteiger partial charge in [-0.05, 0) is 38.0 Å². The molecule has 1 aromatic carbocycles. The van der Waals surface area contributed by atoms with Crippen molar-refractivity contribution in [2.24, 2.45) is 0 Å². The van der Waals surface area contributed by atoms with Gasteiger partial charge >= 0.3 is 5.97 Å². The molecule has 0 amide bonds. The van der Waals surface area contributed by atoms with Gasteiger partial charge in [-0.1, -0.05) is 19.1 Å². The second kappa shape index (κ2) is 5.27. The second-order valence-electron chi connectivity index (χ2n) is 4.18. The van der Waals surface area contributed by atoms with E-state index < -0.39 is 17.4 Å². The van der Waals surface area contributed by atoms with E-state index in [-0.39, 0.29) is 6.10 Å². The fourth-order valence-electron chi connectivity index (χ4n) is 1.50. The number of hydrogen-bond donors (Lipinski definition) is 1. The molecule has 0 aromatic heterocycles. The molecule has 1 N–H and O–H groups in total. The van der Waals surface area contributed by atoms with Gasteiger partial charge in [-0.2, -0.15) is 0 Å². The van der Waals surface area contributed by atoms with Crippen LogP contribution in [-0.4, -0.2) is 17.2 Å². The number of rotatable bonds is 5. The minimum absolute atomic E-state index is 0.179. The molecule has 0 saturated carbocycles. The van der Waals surface area contributed by atoms with E-state index in [1.165, 1.54) is 31.2 Å². The van der Waals surface area contributed by atoms with Crippen molar-refractivity contribution in [2.75, 3.05) is 0 Å². The van der Waals surface area contributed by atoms with E-state index in [0.29, 0.717) is 12.0 Å². The van der Waals surface area contributed by atoms with Crippen molar-refractivity contribution >= 4 is 5.97 Å². The zero-order valence-electron chi connectivity index (χ0n) is 10.2. The zero-order valence-corrected chi connectivity index (χ0v) is 10.2. The fraction of sp³-hybridized carbons (Fsp3) is 0.462. The normalized spacial score (nSPS) is 16.2. The van der Waals surface area contributed by atoms with Gasteiger partial charge < -0.3 is 9.84 Å². The topological polar surface area (TPSA) is 46.5 Å². The first kappa shape index (κ1) is 13.6. The summed E-state index contributed by atoms with van der Waals surface area (Å²) in [7, 11) is 0. The number of carboxylic acids is 1. The Labute approximate surface area is 100 Å². The van der Waals surface area contributed by atoms with Crippen LogP contribution in [0.4, 0.5) is 4.39 Å². The van der Waals surface area contributed by atoms with Crippen LogP contribution in [0.15, 0.2) is 24.3 Å². The minimum Gasteiger partial charge on any atom is -0.479 e. The summed E-state index contributed by atoms with van der Waals surface area (Å²) in [5.74, 6) is -1.48. The Morgan fingerprint density at radius 1 is 1.47 bits per heavy atom. The number of carbonyl (C=O) groups is 1. The summed E-state index contributed by atoms with van der Waals surface area (Å²) in [6.07, 6.45) is 0.533. The number of aliphatic carboxylic acids is 1. The molecule has 1 aromatic rings. The molecule has 94 valence electrons. The van der Waals surface area contributed by atoms with Crippen molar-refractivity contribution in [1.29, 1.82) is 0 Å². The summed E-state index contributed by atoms with van der Waals surface area (Å²) < 4.78 is 18.4. The molecule has 17 heavy (non-hydrogen) atoms. The summed E-state index contributed by atoms with van der Waals surface area (Å²) in [4.78, 5) is 11.3. The molecule has 0 fully saturated rings. The molecule has 2 unspecified atom stereocenters. The van der Waals surface area contributed by atoms with Crippen molar-refractivity contribution < 1.29 is 19.0 Å². The lowest BCUT2D eigenvalue weighted by molar-refractivity contribution is -0.172. The molecule has 0 bridgehead atoms. The van der Waals surface area contributed by atoms with Crippen molar-refractivity contribution in [3.8, 4) is 0 Å². The van der Waals surface area contributed by atoms with Gasteiger partial charge in [0.25, 0.3) is 0 Å². The Bertz CT molecular complexity index is 388. The van der Waals surface area contributed by atoms with Gasteiger partial charge in [0, 0.05) is 0 Å². The van der Waals surface area contributed by atoms with E-state index in [4.69, 9.17) is 4.74 Å². The number of carboxylic acid groups (broad SMARTS) is 1. The van der Waals surface area contributed by atoms with Crippen molar-refractivity contribution in [3.05, 3.63) is 35.6 Å². The molecule has 2 atom stereocenters. The average Bonchev–Trinajstić information content (AvgIpc) is 2.29. The summed E-state index contributed by atoms with van der Waals surface area (Å²) in [5.41, 5.74) is -1.00. The van der Waals surface area contributed by atoms with Crippen LogP contribution in [0.3, 0.4) is 0 Å². The SMILES string of the molecule is CCC(C)OC(C)(C(=O)O)c1ccc(F)cc1. The molecule has 3 nitrogen and oxygen atoms in total. The summed E-state index contributed by atoms with van der Waals surface area (Å²) >= 11 is 0. The Morgan fingerprint density at radius 2 is 2.00 bits per heavy atom. The number of hydrogen-bond acceptors (Lipinski definition) is 2. The van der Waals surface area contributed by atoms with Crippen molar-refractivity contribution in [3.63, 3.8) is 0 Å². The van der Waals surface area contributed by atoms with E-state index in [1.807, 2.05) is 13.8 Å². The Kier molecular flexibility index (Phi) is 4.23. The molecule has 0 saturated heterocycles. The highest BCUT2D eigenvalue weighted by molar-refractivity contribution is 5.78.